The Morgan fingerprint density at radius 3 is 2.55 bits per heavy atom. The molecule has 106 valence electrons. The van der Waals surface area contributed by atoms with Crippen molar-refractivity contribution in [3.05, 3.63) is 57.8 Å². The van der Waals surface area contributed by atoms with E-state index in [0.29, 0.717) is 6.42 Å². The third-order valence-corrected chi connectivity index (χ3v) is 3.98. The number of nitrogens with one attached hydrogen (secondary N) is 1. The molecule has 3 nitrogen and oxygen atoms in total. The summed E-state index contributed by atoms with van der Waals surface area (Å²) in [4.78, 5) is 12.0. The molecule has 1 aromatic carbocycles. The van der Waals surface area contributed by atoms with Crippen molar-refractivity contribution in [2.75, 3.05) is 6.61 Å². The Morgan fingerprint density at radius 2 is 2.00 bits per heavy atom. The van der Waals surface area contributed by atoms with Crippen LogP contribution >= 0.6 is 11.3 Å². The normalized spacial score (nSPS) is 12.1. The molecule has 0 saturated heterocycles. The van der Waals surface area contributed by atoms with Gasteiger partial charge in [-0.2, -0.15) is 11.3 Å². The average Bonchev–Trinajstić information content (AvgIpc) is 2.97. The van der Waals surface area contributed by atoms with Gasteiger partial charge in [0.2, 0.25) is 5.91 Å². The third-order valence-electron chi connectivity index (χ3n) is 3.25. The van der Waals surface area contributed by atoms with Gasteiger partial charge in [0.25, 0.3) is 0 Å². The fraction of sp³-hybridized carbons (Fsp3) is 0.312. The van der Waals surface area contributed by atoms with E-state index in [-0.39, 0.29) is 18.6 Å². The smallest absolute Gasteiger partial charge is 0.225 e. The summed E-state index contributed by atoms with van der Waals surface area (Å²) in [5.41, 5.74) is 3.18. The molecule has 0 aliphatic heterocycles. The van der Waals surface area contributed by atoms with Crippen LogP contribution in [0, 0.1) is 0 Å². The minimum atomic E-state index is -0.341. The van der Waals surface area contributed by atoms with Crippen molar-refractivity contribution in [3.63, 3.8) is 0 Å². The van der Waals surface area contributed by atoms with Gasteiger partial charge in [0, 0.05) is 0 Å². The van der Waals surface area contributed by atoms with Crippen molar-refractivity contribution < 1.29 is 9.90 Å². The second-order valence-corrected chi connectivity index (χ2v) is 5.49. The standard InChI is InChI=1S/C16H19NO2S/c1-2-12-3-5-14(6-4-12)15(10-18)17-16(19)9-13-7-8-20-11-13/h3-8,11,15,18H,2,9-10H2,1H3,(H,17,19). The lowest BCUT2D eigenvalue weighted by atomic mass is 10.0. The molecule has 2 rings (SSSR count). The van der Waals surface area contributed by atoms with Crippen LogP contribution in [0.2, 0.25) is 0 Å². The summed E-state index contributed by atoms with van der Waals surface area (Å²) in [6.07, 6.45) is 1.33. The number of hydrogen-bond donors (Lipinski definition) is 2. The van der Waals surface area contributed by atoms with Gasteiger partial charge in [-0.3, -0.25) is 4.79 Å². The largest absolute Gasteiger partial charge is 0.394 e. The molecule has 1 heterocycles. The lowest BCUT2D eigenvalue weighted by Crippen LogP contribution is -2.31. The van der Waals surface area contributed by atoms with Gasteiger partial charge in [0.05, 0.1) is 19.1 Å². The molecule has 1 atom stereocenters. The Labute approximate surface area is 123 Å². The van der Waals surface area contributed by atoms with E-state index in [9.17, 15) is 9.90 Å². The molecule has 2 N–H and O–H groups in total. The average molecular weight is 289 g/mol. The van der Waals surface area contributed by atoms with E-state index in [4.69, 9.17) is 0 Å². The van der Waals surface area contributed by atoms with Gasteiger partial charge in [-0.05, 0) is 39.9 Å². The van der Waals surface area contributed by atoms with Crippen molar-refractivity contribution in [2.45, 2.75) is 25.8 Å². The summed E-state index contributed by atoms with van der Waals surface area (Å²) < 4.78 is 0. The second kappa shape index (κ2) is 7.22. The van der Waals surface area contributed by atoms with Crippen LogP contribution in [0.5, 0.6) is 0 Å². The van der Waals surface area contributed by atoms with Crippen molar-refractivity contribution in [1.82, 2.24) is 5.32 Å². The van der Waals surface area contributed by atoms with Gasteiger partial charge in [-0.25, -0.2) is 0 Å². The van der Waals surface area contributed by atoms with Gasteiger partial charge in [0.15, 0.2) is 0 Å². The number of amides is 1. The molecule has 0 aliphatic carbocycles. The Morgan fingerprint density at radius 1 is 1.25 bits per heavy atom. The van der Waals surface area contributed by atoms with Crippen LogP contribution in [0.1, 0.15) is 29.7 Å². The highest BCUT2D eigenvalue weighted by atomic mass is 32.1. The molecule has 0 bridgehead atoms. The Bertz CT molecular complexity index is 534. The number of hydrogen-bond acceptors (Lipinski definition) is 3. The van der Waals surface area contributed by atoms with Crippen molar-refractivity contribution in [2.24, 2.45) is 0 Å². The first-order chi connectivity index (χ1) is 9.72. The molecular weight excluding hydrogens is 270 g/mol. The highest BCUT2D eigenvalue weighted by Crippen LogP contribution is 2.15. The molecule has 2 aromatic rings. The van der Waals surface area contributed by atoms with Crippen molar-refractivity contribution in [1.29, 1.82) is 0 Å². The van der Waals surface area contributed by atoms with Crippen LogP contribution in [0.4, 0.5) is 0 Å². The number of rotatable bonds is 6. The Kier molecular flexibility index (Phi) is 5.32. The summed E-state index contributed by atoms with van der Waals surface area (Å²) in [6, 6.07) is 9.59. The highest BCUT2D eigenvalue weighted by Gasteiger charge is 2.14. The van der Waals surface area contributed by atoms with E-state index in [1.54, 1.807) is 11.3 Å². The molecule has 1 amide bonds. The summed E-state index contributed by atoms with van der Waals surface area (Å²) in [5.74, 6) is -0.0676. The predicted molar refractivity (Wildman–Crippen MR) is 81.8 cm³/mol. The van der Waals surface area contributed by atoms with Crippen LogP contribution < -0.4 is 5.32 Å². The molecule has 0 spiro atoms. The Balaban J connectivity index is 1.98. The molecule has 0 fully saturated rings. The van der Waals surface area contributed by atoms with Crippen LogP contribution in [0.25, 0.3) is 0 Å². The number of carbonyl (C=O) groups is 1. The van der Waals surface area contributed by atoms with Gasteiger partial charge in [-0.1, -0.05) is 31.2 Å². The maximum absolute atomic E-state index is 12.0. The minimum Gasteiger partial charge on any atom is -0.394 e. The van der Waals surface area contributed by atoms with E-state index in [0.717, 1.165) is 17.5 Å². The number of carbonyl (C=O) groups excluding carboxylic acids is 1. The minimum absolute atomic E-state index is 0.0676. The second-order valence-electron chi connectivity index (χ2n) is 4.71. The molecule has 0 saturated carbocycles. The van der Waals surface area contributed by atoms with Crippen LogP contribution in [-0.4, -0.2) is 17.6 Å². The fourth-order valence-electron chi connectivity index (χ4n) is 2.04. The van der Waals surface area contributed by atoms with E-state index in [1.807, 2.05) is 41.1 Å². The quantitative estimate of drug-likeness (QED) is 0.859. The summed E-state index contributed by atoms with van der Waals surface area (Å²) >= 11 is 1.58. The molecule has 0 aliphatic rings. The number of aryl methyl sites for hydroxylation is 1. The number of aliphatic hydroxyl groups excluding tert-OH is 1. The first-order valence-electron chi connectivity index (χ1n) is 6.73. The lowest BCUT2D eigenvalue weighted by Gasteiger charge is -2.17. The van der Waals surface area contributed by atoms with Gasteiger partial charge < -0.3 is 10.4 Å². The summed E-state index contributed by atoms with van der Waals surface area (Å²) in [6.45, 7) is 2.00. The highest BCUT2D eigenvalue weighted by molar-refractivity contribution is 7.07. The van der Waals surface area contributed by atoms with Crippen LogP contribution in [-0.2, 0) is 17.6 Å². The zero-order valence-electron chi connectivity index (χ0n) is 11.5. The molecule has 1 unspecified atom stereocenters. The lowest BCUT2D eigenvalue weighted by molar-refractivity contribution is -0.121. The number of benzene rings is 1. The first-order valence-corrected chi connectivity index (χ1v) is 7.67. The number of thiophene rings is 1. The van der Waals surface area contributed by atoms with E-state index < -0.39 is 0 Å². The Hall–Kier alpha value is -1.65. The van der Waals surface area contributed by atoms with E-state index in [2.05, 4.69) is 12.2 Å². The SMILES string of the molecule is CCc1ccc(C(CO)NC(=O)Cc2ccsc2)cc1. The monoisotopic (exact) mass is 289 g/mol. The molecule has 4 heteroatoms. The van der Waals surface area contributed by atoms with Crippen molar-refractivity contribution in [3.8, 4) is 0 Å². The van der Waals surface area contributed by atoms with Crippen LogP contribution in [0.15, 0.2) is 41.1 Å². The zero-order chi connectivity index (χ0) is 14.4. The van der Waals surface area contributed by atoms with E-state index in [1.165, 1.54) is 5.56 Å². The molecule has 20 heavy (non-hydrogen) atoms. The van der Waals surface area contributed by atoms with Gasteiger partial charge in [-0.15, -0.1) is 0 Å². The third kappa shape index (κ3) is 3.92. The van der Waals surface area contributed by atoms with Gasteiger partial charge >= 0.3 is 0 Å². The summed E-state index contributed by atoms with van der Waals surface area (Å²) in [5, 5.41) is 16.3. The predicted octanol–water partition coefficient (Wildman–Crippen LogP) is 2.70. The molecule has 1 aromatic heterocycles. The first kappa shape index (κ1) is 14.8. The fourth-order valence-corrected chi connectivity index (χ4v) is 2.71. The topological polar surface area (TPSA) is 49.3 Å². The maximum atomic E-state index is 12.0. The van der Waals surface area contributed by atoms with E-state index >= 15 is 0 Å². The molecular formula is C16H19NO2S. The maximum Gasteiger partial charge on any atom is 0.225 e. The molecule has 0 radical (unpaired) electrons. The zero-order valence-corrected chi connectivity index (χ0v) is 12.3. The van der Waals surface area contributed by atoms with Crippen LogP contribution in [0.3, 0.4) is 0 Å². The van der Waals surface area contributed by atoms with Gasteiger partial charge in [0.1, 0.15) is 0 Å². The number of aliphatic hydroxyl groups is 1. The summed E-state index contributed by atoms with van der Waals surface area (Å²) in [7, 11) is 0. The van der Waals surface area contributed by atoms with Crippen molar-refractivity contribution >= 4 is 17.2 Å².